The van der Waals surface area contributed by atoms with Crippen molar-refractivity contribution >= 4 is 21.6 Å². The molecule has 150 valence electrons. The van der Waals surface area contributed by atoms with Crippen molar-refractivity contribution in [1.82, 2.24) is 9.21 Å². The number of hydrogen-bond acceptors (Lipinski definition) is 5. The van der Waals surface area contributed by atoms with E-state index in [2.05, 4.69) is 0 Å². The lowest BCUT2D eigenvalue weighted by atomic mass is 9.92. The summed E-state index contributed by atoms with van der Waals surface area (Å²) in [6.07, 6.45) is 1.72. The van der Waals surface area contributed by atoms with Gasteiger partial charge in [0.2, 0.25) is 21.6 Å². The van der Waals surface area contributed by atoms with Gasteiger partial charge in [0.25, 0.3) is 0 Å². The molecule has 0 atom stereocenters. The molecule has 0 spiro atoms. The van der Waals surface area contributed by atoms with E-state index in [0.29, 0.717) is 13.1 Å². The molecule has 1 heterocycles. The number of fused-ring (bicyclic) bond motifs is 1. The van der Waals surface area contributed by atoms with E-state index in [1.165, 1.54) is 13.1 Å². The van der Waals surface area contributed by atoms with E-state index in [1.54, 1.807) is 23.1 Å². The van der Waals surface area contributed by atoms with E-state index < -0.39 is 26.5 Å². The van der Waals surface area contributed by atoms with Gasteiger partial charge in [-0.3, -0.25) is 9.59 Å². The summed E-state index contributed by atoms with van der Waals surface area (Å²) < 4.78 is 28.1. The summed E-state index contributed by atoms with van der Waals surface area (Å²) >= 11 is 0. The molecule has 2 aromatic rings. The molecule has 2 aliphatic rings. The Bertz CT molecular complexity index is 1100. The zero-order valence-electron chi connectivity index (χ0n) is 16.2. The average molecular weight is 410 g/mol. The van der Waals surface area contributed by atoms with Gasteiger partial charge in [-0.2, -0.15) is 4.31 Å². The molecule has 0 saturated carbocycles. The third-order valence-electron chi connectivity index (χ3n) is 5.39. The molecular weight excluding hydrogens is 388 g/mol. The molecule has 0 aromatic heterocycles. The molecule has 1 aliphatic heterocycles. The minimum Gasteiger partial charge on any atom is -0.367 e. The van der Waals surface area contributed by atoms with Crippen LogP contribution in [-0.4, -0.2) is 49.3 Å². The summed E-state index contributed by atoms with van der Waals surface area (Å²) in [4.78, 5) is 27.9. The summed E-state index contributed by atoms with van der Waals surface area (Å²) in [6, 6.07) is 15.6. The van der Waals surface area contributed by atoms with Gasteiger partial charge in [0, 0.05) is 37.8 Å². The summed E-state index contributed by atoms with van der Waals surface area (Å²) in [5.74, 6) is -1.00. The fourth-order valence-corrected chi connectivity index (χ4v) is 5.33. The largest absolute Gasteiger partial charge is 0.367 e. The lowest BCUT2D eigenvalue weighted by molar-refractivity contribution is 0.0952. The molecule has 7 heteroatoms. The van der Waals surface area contributed by atoms with E-state index in [1.807, 2.05) is 30.3 Å². The maximum Gasteiger partial charge on any atom is 0.249 e. The summed E-state index contributed by atoms with van der Waals surface area (Å²) in [7, 11) is -2.73. The monoisotopic (exact) mass is 410 g/mol. The number of likely N-dealkylation sites (tertiary alicyclic amines) is 1. The standard InChI is InChI=1S/C22H22N2O4S/c1-23(15-16-9-3-2-4-10-16)29(27,28)22-19(24-13-7-8-14-24)20(25)17-11-5-6-12-18(17)21(22)26/h2-6,9-12H,7-8,13-15H2,1H3. The third-order valence-corrected chi connectivity index (χ3v) is 7.24. The molecule has 0 amide bonds. The normalized spacial score (nSPS) is 17.2. The van der Waals surface area contributed by atoms with Crippen LogP contribution in [0.25, 0.3) is 0 Å². The van der Waals surface area contributed by atoms with Crippen molar-refractivity contribution in [1.29, 1.82) is 0 Å². The summed E-state index contributed by atoms with van der Waals surface area (Å²) in [5, 5.41) is 0. The molecule has 0 N–H and O–H groups in total. The van der Waals surface area contributed by atoms with Crippen LogP contribution in [0, 0.1) is 0 Å². The van der Waals surface area contributed by atoms with Crippen LogP contribution < -0.4 is 0 Å². The number of sulfonamides is 1. The zero-order valence-corrected chi connectivity index (χ0v) is 17.0. The lowest BCUT2D eigenvalue weighted by Crippen LogP contribution is -2.39. The molecule has 0 unspecified atom stereocenters. The quantitative estimate of drug-likeness (QED) is 0.758. The Kier molecular flexibility index (Phi) is 5.10. The Morgan fingerprint density at radius 2 is 1.41 bits per heavy atom. The van der Waals surface area contributed by atoms with Crippen LogP contribution in [-0.2, 0) is 16.6 Å². The van der Waals surface area contributed by atoms with Gasteiger partial charge >= 0.3 is 0 Å². The van der Waals surface area contributed by atoms with Gasteiger partial charge in [0.15, 0.2) is 4.91 Å². The summed E-state index contributed by atoms with van der Waals surface area (Å²) in [5.41, 5.74) is 1.24. The van der Waals surface area contributed by atoms with E-state index >= 15 is 0 Å². The second kappa shape index (κ2) is 7.57. The van der Waals surface area contributed by atoms with E-state index in [-0.39, 0.29) is 23.4 Å². The first kappa shape index (κ1) is 19.5. The lowest BCUT2D eigenvalue weighted by Gasteiger charge is -2.29. The first-order valence-electron chi connectivity index (χ1n) is 9.59. The predicted molar refractivity (Wildman–Crippen MR) is 110 cm³/mol. The fourth-order valence-electron chi connectivity index (χ4n) is 3.89. The topological polar surface area (TPSA) is 74.8 Å². The first-order valence-corrected chi connectivity index (χ1v) is 11.0. The minimum atomic E-state index is -4.17. The van der Waals surface area contributed by atoms with Crippen LogP contribution in [0.1, 0.15) is 39.1 Å². The molecule has 4 rings (SSSR count). The Hall–Kier alpha value is -2.77. The van der Waals surface area contributed by atoms with Crippen molar-refractivity contribution in [2.75, 3.05) is 20.1 Å². The van der Waals surface area contributed by atoms with Crippen molar-refractivity contribution in [2.24, 2.45) is 0 Å². The highest BCUT2D eigenvalue weighted by Crippen LogP contribution is 2.34. The van der Waals surface area contributed by atoms with Crippen molar-refractivity contribution in [3.63, 3.8) is 0 Å². The molecule has 0 radical (unpaired) electrons. The van der Waals surface area contributed by atoms with Crippen molar-refractivity contribution in [3.8, 4) is 0 Å². The Balaban J connectivity index is 1.83. The van der Waals surface area contributed by atoms with Crippen LogP contribution in [0.4, 0.5) is 0 Å². The number of rotatable bonds is 5. The predicted octanol–water partition coefficient (Wildman–Crippen LogP) is 2.83. The number of carbonyl (C=O) groups is 2. The summed E-state index contributed by atoms with van der Waals surface area (Å²) in [6.45, 7) is 1.25. The molecule has 1 fully saturated rings. The number of hydrogen-bond donors (Lipinski definition) is 0. The van der Waals surface area contributed by atoms with Crippen LogP contribution in [0.15, 0.2) is 65.2 Å². The number of nitrogens with zero attached hydrogens (tertiary/aromatic N) is 2. The number of ketones is 2. The minimum absolute atomic E-state index is 0.0195. The van der Waals surface area contributed by atoms with Gasteiger partial charge < -0.3 is 4.90 Å². The van der Waals surface area contributed by atoms with Crippen LogP contribution >= 0.6 is 0 Å². The number of Topliss-reactive ketones (excluding diaryl/α,β-unsaturated/α-hetero) is 2. The number of carbonyl (C=O) groups excluding carboxylic acids is 2. The molecule has 0 bridgehead atoms. The van der Waals surface area contributed by atoms with Gasteiger partial charge in [-0.1, -0.05) is 54.6 Å². The highest BCUT2D eigenvalue weighted by atomic mass is 32.2. The highest BCUT2D eigenvalue weighted by Gasteiger charge is 2.43. The van der Waals surface area contributed by atoms with Gasteiger partial charge in [-0.15, -0.1) is 0 Å². The zero-order chi connectivity index (χ0) is 20.6. The van der Waals surface area contributed by atoms with Gasteiger partial charge in [0.05, 0.1) is 0 Å². The SMILES string of the molecule is CN(Cc1ccccc1)S(=O)(=O)C1=C(N2CCCC2)C(=O)c2ccccc2C1=O. The van der Waals surface area contributed by atoms with Crippen molar-refractivity contribution < 1.29 is 18.0 Å². The van der Waals surface area contributed by atoms with Gasteiger partial charge in [-0.25, -0.2) is 8.42 Å². The fraction of sp³-hybridized carbons (Fsp3) is 0.273. The smallest absolute Gasteiger partial charge is 0.249 e. The molecule has 1 aliphatic carbocycles. The Morgan fingerprint density at radius 3 is 2.03 bits per heavy atom. The Labute approximate surface area is 170 Å². The maximum atomic E-state index is 13.5. The number of allylic oxidation sites excluding steroid dienone is 2. The molecular formula is C22H22N2O4S. The second-order valence-corrected chi connectivity index (χ2v) is 9.30. The van der Waals surface area contributed by atoms with Crippen LogP contribution in [0.5, 0.6) is 0 Å². The molecule has 1 saturated heterocycles. The molecule has 2 aromatic carbocycles. The van der Waals surface area contributed by atoms with Gasteiger partial charge in [-0.05, 0) is 18.4 Å². The first-order chi connectivity index (χ1) is 13.9. The average Bonchev–Trinajstić information content (AvgIpc) is 3.25. The van der Waals surface area contributed by atoms with Crippen LogP contribution in [0.3, 0.4) is 0 Å². The van der Waals surface area contributed by atoms with E-state index in [4.69, 9.17) is 0 Å². The van der Waals surface area contributed by atoms with Crippen LogP contribution in [0.2, 0.25) is 0 Å². The van der Waals surface area contributed by atoms with Crippen molar-refractivity contribution in [3.05, 3.63) is 81.9 Å². The van der Waals surface area contributed by atoms with Crippen molar-refractivity contribution in [2.45, 2.75) is 19.4 Å². The molecule has 29 heavy (non-hydrogen) atoms. The number of benzene rings is 2. The Morgan fingerprint density at radius 1 is 0.862 bits per heavy atom. The maximum absolute atomic E-state index is 13.5. The van der Waals surface area contributed by atoms with E-state index in [0.717, 1.165) is 22.7 Å². The second-order valence-electron chi connectivity index (χ2n) is 7.32. The molecule has 6 nitrogen and oxygen atoms in total. The third kappa shape index (κ3) is 3.41. The van der Waals surface area contributed by atoms with Gasteiger partial charge in [0.1, 0.15) is 5.70 Å². The van der Waals surface area contributed by atoms with E-state index in [9.17, 15) is 18.0 Å². The highest BCUT2D eigenvalue weighted by molar-refractivity contribution is 7.94.